The van der Waals surface area contributed by atoms with E-state index < -0.39 is 0 Å². The molecule has 1 aliphatic rings. The molecule has 0 N–H and O–H groups in total. The number of ketones is 1. The molecule has 0 bridgehead atoms. The standard InChI is InChI=1S/C15H26O2/c1-11(2)13-6-7-14(4,8-9-16)15(5,10-13)12(3)17/h9,11,13H,6-8,10H2,1-5H3/t13-,14-,15+/m1/s1. The van der Waals surface area contributed by atoms with E-state index in [1.54, 1.807) is 6.92 Å². The van der Waals surface area contributed by atoms with Crippen LogP contribution in [-0.2, 0) is 9.59 Å². The zero-order valence-electron chi connectivity index (χ0n) is 11.9. The largest absolute Gasteiger partial charge is 0.303 e. The zero-order valence-corrected chi connectivity index (χ0v) is 11.9. The van der Waals surface area contributed by atoms with Crippen molar-refractivity contribution in [1.82, 2.24) is 0 Å². The first-order valence-electron chi connectivity index (χ1n) is 6.71. The van der Waals surface area contributed by atoms with Crippen LogP contribution in [0.3, 0.4) is 0 Å². The van der Waals surface area contributed by atoms with Gasteiger partial charge in [0.25, 0.3) is 0 Å². The highest BCUT2D eigenvalue weighted by Crippen LogP contribution is 2.55. The Balaban J connectivity index is 3.03. The lowest BCUT2D eigenvalue weighted by Gasteiger charge is -2.51. The number of rotatable bonds is 4. The van der Waals surface area contributed by atoms with Crippen LogP contribution in [0.5, 0.6) is 0 Å². The molecule has 3 atom stereocenters. The minimum absolute atomic E-state index is 0.147. The van der Waals surface area contributed by atoms with Gasteiger partial charge in [0.15, 0.2) is 0 Å². The van der Waals surface area contributed by atoms with E-state index in [9.17, 15) is 9.59 Å². The summed E-state index contributed by atoms with van der Waals surface area (Å²) in [5.41, 5.74) is -0.479. The fourth-order valence-electron chi connectivity index (χ4n) is 3.30. The van der Waals surface area contributed by atoms with Crippen LogP contribution in [0.4, 0.5) is 0 Å². The van der Waals surface area contributed by atoms with E-state index in [2.05, 4.69) is 27.7 Å². The molecule has 2 heteroatoms. The van der Waals surface area contributed by atoms with E-state index in [4.69, 9.17) is 0 Å². The van der Waals surface area contributed by atoms with Crippen molar-refractivity contribution in [3.05, 3.63) is 0 Å². The first-order valence-corrected chi connectivity index (χ1v) is 6.71. The Labute approximate surface area is 105 Å². The molecule has 0 aromatic heterocycles. The van der Waals surface area contributed by atoms with Gasteiger partial charge in [-0.3, -0.25) is 4.79 Å². The zero-order chi connectivity index (χ0) is 13.3. The second-order valence-corrected chi connectivity index (χ2v) is 6.57. The minimum Gasteiger partial charge on any atom is -0.303 e. The predicted molar refractivity (Wildman–Crippen MR) is 69.8 cm³/mol. The van der Waals surface area contributed by atoms with Crippen LogP contribution in [0, 0.1) is 22.7 Å². The summed E-state index contributed by atoms with van der Waals surface area (Å²) >= 11 is 0. The lowest BCUT2D eigenvalue weighted by Crippen LogP contribution is -2.48. The molecule has 98 valence electrons. The molecular weight excluding hydrogens is 212 g/mol. The van der Waals surface area contributed by atoms with Crippen molar-refractivity contribution in [3.8, 4) is 0 Å². The second kappa shape index (κ2) is 4.91. The van der Waals surface area contributed by atoms with Crippen molar-refractivity contribution in [2.24, 2.45) is 22.7 Å². The molecule has 1 rings (SSSR count). The van der Waals surface area contributed by atoms with Crippen LogP contribution in [0.1, 0.15) is 60.3 Å². The molecule has 0 unspecified atom stereocenters. The van der Waals surface area contributed by atoms with E-state index in [-0.39, 0.29) is 16.6 Å². The van der Waals surface area contributed by atoms with Gasteiger partial charge in [-0.25, -0.2) is 0 Å². The van der Waals surface area contributed by atoms with Gasteiger partial charge in [-0.05, 0) is 43.4 Å². The number of carbonyl (C=O) groups is 2. The fourth-order valence-corrected chi connectivity index (χ4v) is 3.30. The number of hydrogen-bond donors (Lipinski definition) is 0. The molecular formula is C15H26O2. The predicted octanol–water partition coefficient (Wildman–Crippen LogP) is 3.63. The number of hydrogen-bond acceptors (Lipinski definition) is 2. The number of Topliss-reactive ketones (excluding diaryl/α,β-unsaturated/α-hetero) is 1. The molecule has 0 aromatic carbocycles. The lowest BCUT2D eigenvalue weighted by atomic mass is 9.52. The molecule has 1 saturated carbocycles. The fraction of sp³-hybridized carbons (Fsp3) is 0.867. The van der Waals surface area contributed by atoms with Crippen molar-refractivity contribution < 1.29 is 9.59 Å². The maximum Gasteiger partial charge on any atom is 0.136 e. The van der Waals surface area contributed by atoms with Crippen LogP contribution in [0.2, 0.25) is 0 Å². The third kappa shape index (κ3) is 2.46. The molecule has 0 spiro atoms. The first kappa shape index (κ1) is 14.4. The second-order valence-electron chi connectivity index (χ2n) is 6.57. The van der Waals surface area contributed by atoms with E-state index in [0.29, 0.717) is 18.3 Å². The first-order chi connectivity index (χ1) is 7.77. The van der Waals surface area contributed by atoms with Crippen molar-refractivity contribution >= 4 is 12.1 Å². The van der Waals surface area contributed by atoms with Gasteiger partial charge in [0.05, 0.1) is 0 Å². The average Bonchev–Trinajstić information content (AvgIpc) is 2.22. The normalized spacial score (nSPS) is 38.1. The molecule has 0 aliphatic heterocycles. The van der Waals surface area contributed by atoms with Gasteiger partial charge in [-0.1, -0.05) is 27.7 Å². The van der Waals surface area contributed by atoms with E-state index in [0.717, 1.165) is 25.5 Å². The monoisotopic (exact) mass is 238 g/mol. The Kier molecular flexibility index (Phi) is 4.16. The van der Waals surface area contributed by atoms with Crippen molar-refractivity contribution in [2.75, 3.05) is 0 Å². The summed E-state index contributed by atoms with van der Waals surface area (Å²) in [6, 6.07) is 0. The molecule has 0 heterocycles. The Morgan fingerprint density at radius 1 is 1.41 bits per heavy atom. The van der Waals surface area contributed by atoms with Gasteiger partial charge in [0.1, 0.15) is 12.1 Å². The Morgan fingerprint density at radius 2 is 2.00 bits per heavy atom. The molecule has 0 amide bonds. The molecule has 17 heavy (non-hydrogen) atoms. The van der Waals surface area contributed by atoms with Crippen molar-refractivity contribution in [2.45, 2.75) is 60.3 Å². The average molecular weight is 238 g/mol. The smallest absolute Gasteiger partial charge is 0.136 e. The Morgan fingerprint density at radius 3 is 2.41 bits per heavy atom. The highest BCUT2D eigenvalue weighted by Gasteiger charge is 2.51. The highest BCUT2D eigenvalue weighted by molar-refractivity contribution is 5.83. The topological polar surface area (TPSA) is 34.1 Å². The molecule has 0 aromatic rings. The van der Waals surface area contributed by atoms with Gasteiger partial charge >= 0.3 is 0 Å². The van der Waals surface area contributed by atoms with Gasteiger partial charge in [0, 0.05) is 11.8 Å². The lowest BCUT2D eigenvalue weighted by molar-refractivity contribution is -0.141. The number of aldehydes is 1. The van der Waals surface area contributed by atoms with Gasteiger partial charge in [-0.15, -0.1) is 0 Å². The maximum absolute atomic E-state index is 12.1. The van der Waals surface area contributed by atoms with E-state index in [1.807, 2.05) is 0 Å². The van der Waals surface area contributed by atoms with Crippen LogP contribution in [-0.4, -0.2) is 12.1 Å². The molecule has 2 nitrogen and oxygen atoms in total. The third-order valence-corrected chi connectivity index (χ3v) is 5.32. The molecule has 0 radical (unpaired) electrons. The van der Waals surface area contributed by atoms with Crippen molar-refractivity contribution in [3.63, 3.8) is 0 Å². The van der Waals surface area contributed by atoms with Gasteiger partial charge in [-0.2, -0.15) is 0 Å². The summed E-state index contributed by atoms with van der Waals surface area (Å²) in [5.74, 6) is 1.48. The summed E-state index contributed by atoms with van der Waals surface area (Å²) in [4.78, 5) is 23.0. The van der Waals surface area contributed by atoms with Crippen LogP contribution in [0.15, 0.2) is 0 Å². The summed E-state index contributed by atoms with van der Waals surface area (Å²) < 4.78 is 0. The van der Waals surface area contributed by atoms with Gasteiger partial charge in [0.2, 0.25) is 0 Å². The molecule has 0 saturated heterocycles. The summed E-state index contributed by atoms with van der Waals surface area (Å²) in [5, 5.41) is 0. The molecule has 1 aliphatic carbocycles. The Bertz CT molecular complexity index is 308. The summed E-state index contributed by atoms with van der Waals surface area (Å²) in [6.45, 7) is 10.3. The van der Waals surface area contributed by atoms with Crippen LogP contribution in [0.25, 0.3) is 0 Å². The Hall–Kier alpha value is -0.660. The van der Waals surface area contributed by atoms with Crippen LogP contribution < -0.4 is 0 Å². The maximum atomic E-state index is 12.1. The third-order valence-electron chi connectivity index (χ3n) is 5.32. The SMILES string of the molecule is CC(=O)[C@]1(C)C[C@H](C(C)C)CC[C@]1(C)CC=O. The van der Waals surface area contributed by atoms with Crippen LogP contribution >= 0.6 is 0 Å². The summed E-state index contributed by atoms with van der Waals surface area (Å²) in [6.07, 6.45) is 4.56. The van der Waals surface area contributed by atoms with Crippen molar-refractivity contribution in [1.29, 1.82) is 0 Å². The quantitative estimate of drug-likeness (QED) is 0.701. The minimum atomic E-state index is -0.332. The number of carbonyl (C=O) groups excluding carboxylic acids is 2. The summed E-state index contributed by atoms with van der Waals surface area (Å²) in [7, 11) is 0. The van der Waals surface area contributed by atoms with E-state index in [1.165, 1.54) is 0 Å². The van der Waals surface area contributed by atoms with Gasteiger partial charge < -0.3 is 4.79 Å². The highest BCUT2D eigenvalue weighted by atomic mass is 16.1. The van der Waals surface area contributed by atoms with E-state index >= 15 is 0 Å². The molecule has 1 fully saturated rings.